The SMILES string of the molecule is Cc1cc(S(=O)(=O)N2C[C@H]3C[C@@H](O)[C@H]3C2)c2ncccc2c1. The molecule has 2 aromatic rings. The van der Waals surface area contributed by atoms with Gasteiger partial charge in [-0.15, -0.1) is 0 Å². The molecule has 1 aromatic heterocycles. The van der Waals surface area contributed by atoms with Gasteiger partial charge in [-0.1, -0.05) is 6.07 Å². The van der Waals surface area contributed by atoms with Crippen molar-refractivity contribution in [1.82, 2.24) is 9.29 Å². The standard InChI is InChI=1S/C16H18N2O3S/c1-10-5-11-3-2-4-17-16(11)15(6-10)22(20,21)18-8-12-7-14(19)13(12)9-18/h2-6,12-14,19H,7-9H2,1H3/t12-,13+,14-/m1/s1. The smallest absolute Gasteiger partial charge is 0.245 e. The molecule has 0 radical (unpaired) electrons. The van der Waals surface area contributed by atoms with E-state index in [1.54, 1.807) is 12.3 Å². The molecular formula is C16H18N2O3S. The largest absolute Gasteiger partial charge is 0.393 e. The van der Waals surface area contributed by atoms with E-state index in [2.05, 4.69) is 4.98 Å². The Balaban J connectivity index is 1.81. The van der Waals surface area contributed by atoms with Crippen LogP contribution in [0.4, 0.5) is 0 Å². The molecule has 6 heteroatoms. The predicted octanol–water partition coefficient (Wildman–Crippen LogP) is 1.54. The van der Waals surface area contributed by atoms with Gasteiger partial charge in [0.05, 0.1) is 11.6 Å². The van der Waals surface area contributed by atoms with Crippen LogP contribution in [0.25, 0.3) is 10.9 Å². The van der Waals surface area contributed by atoms with E-state index in [4.69, 9.17) is 0 Å². The molecule has 1 aliphatic heterocycles. The maximum absolute atomic E-state index is 13.0. The van der Waals surface area contributed by atoms with Gasteiger partial charge in [0.2, 0.25) is 10.0 Å². The summed E-state index contributed by atoms with van der Waals surface area (Å²) in [6.45, 7) is 2.81. The Morgan fingerprint density at radius 1 is 1.32 bits per heavy atom. The summed E-state index contributed by atoms with van der Waals surface area (Å²) >= 11 is 0. The average molecular weight is 318 g/mol. The number of hydrogen-bond acceptors (Lipinski definition) is 4. The highest BCUT2D eigenvalue weighted by Crippen LogP contribution is 2.43. The van der Waals surface area contributed by atoms with E-state index in [-0.39, 0.29) is 16.9 Å². The molecular weight excluding hydrogens is 300 g/mol. The third-order valence-electron chi connectivity index (χ3n) is 4.93. The van der Waals surface area contributed by atoms with Crippen LogP contribution in [0.5, 0.6) is 0 Å². The third-order valence-corrected chi connectivity index (χ3v) is 6.77. The van der Waals surface area contributed by atoms with Gasteiger partial charge in [0.1, 0.15) is 4.90 Å². The van der Waals surface area contributed by atoms with Crippen molar-refractivity contribution in [2.24, 2.45) is 11.8 Å². The van der Waals surface area contributed by atoms with Crippen LogP contribution in [-0.2, 0) is 10.0 Å². The van der Waals surface area contributed by atoms with Gasteiger partial charge < -0.3 is 5.11 Å². The molecule has 22 heavy (non-hydrogen) atoms. The number of benzene rings is 1. The lowest BCUT2D eigenvalue weighted by atomic mass is 9.74. The van der Waals surface area contributed by atoms with Crippen molar-refractivity contribution in [3.63, 3.8) is 0 Å². The number of aryl methyl sites for hydroxylation is 1. The van der Waals surface area contributed by atoms with Gasteiger partial charge in [0.15, 0.2) is 0 Å². The van der Waals surface area contributed by atoms with Crippen molar-refractivity contribution in [2.45, 2.75) is 24.3 Å². The van der Waals surface area contributed by atoms with Crippen LogP contribution in [-0.4, -0.2) is 42.0 Å². The quantitative estimate of drug-likeness (QED) is 0.912. The second kappa shape index (κ2) is 4.75. The van der Waals surface area contributed by atoms with E-state index in [9.17, 15) is 13.5 Å². The van der Waals surface area contributed by atoms with Crippen LogP contribution < -0.4 is 0 Å². The normalized spacial score (nSPS) is 28.5. The fourth-order valence-corrected chi connectivity index (χ4v) is 5.45. The van der Waals surface area contributed by atoms with Gasteiger partial charge in [-0.25, -0.2) is 8.42 Å². The van der Waals surface area contributed by atoms with E-state index in [0.717, 1.165) is 10.9 Å². The summed E-state index contributed by atoms with van der Waals surface area (Å²) in [4.78, 5) is 4.55. The van der Waals surface area contributed by atoms with Gasteiger partial charge in [0.25, 0.3) is 0 Å². The number of aliphatic hydroxyl groups is 1. The summed E-state index contributed by atoms with van der Waals surface area (Å²) in [7, 11) is -3.58. The first kappa shape index (κ1) is 14.1. The first-order chi connectivity index (χ1) is 10.5. The topological polar surface area (TPSA) is 70.5 Å². The summed E-state index contributed by atoms with van der Waals surface area (Å²) in [5.41, 5.74) is 1.43. The lowest BCUT2D eigenvalue weighted by Gasteiger charge is -2.34. The van der Waals surface area contributed by atoms with Crippen LogP contribution in [0.3, 0.4) is 0 Å². The Labute approximate surface area is 129 Å². The minimum absolute atomic E-state index is 0.0961. The summed E-state index contributed by atoms with van der Waals surface area (Å²) in [5.74, 6) is 0.396. The number of aromatic nitrogens is 1. The first-order valence-corrected chi connectivity index (χ1v) is 8.94. The Bertz CT molecular complexity index is 850. The summed E-state index contributed by atoms with van der Waals surface area (Å²) in [6, 6.07) is 7.33. The predicted molar refractivity (Wildman–Crippen MR) is 82.8 cm³/mol. The maximum atomic E-state index is 13.0. The molecule has 2 fully saturated rings. The fourth-order valence-electron chi connectivity index (χ4n) is 3.66. The molecule has 1 N–H and O–H groups in total. The van der Waals surface area contributed by atoms with E-state index >= 15 is 0 Å². The van der Waals surface area contributed by atoms with Crippen molar-refractivity contribution >= 4 is 20.9 Å². The number of rotatable bonds is 2. The zero-order valence-electron chi connectivity index (χ0n) is 12.3. The molecule has 0 amide bonds. The number of aliphatic hydroxyl groups excluding tert-OH is 1. The number of pyridine rings is 1. The van der Waals surface area contributed by atoms with E-state index in [0.29, 0.717) is 30.9 Å². The molecule has 0 unspecified atom stereocenters. The number of sulfonamides is 1. The van der Waals surface area contributed by atoms with Crippen LogP contribution >= 0.6 is 0 Å². The summed E-state index contributed by atoms with van der Waals surface area (Å²) in [6.07, 6.45) is 1.98. The maximum Gasteiger partial charge on any atom is 0.245 e. The molecule has 0 bridgehead atoms. The first-order valence-electron chi connectivity index (χ1n) is 7.50. The second-order valence-corrected chi connectivity index (χ2v) is 8.29. The van der Waals surface area contributed by atoms with Gasteiger partial charge in [-0.2, -0.15) is 4.31 Å². The Morgan fingerprint density at radius 2 is 2.14 bits per heavy atom. The Morgan fingerprint density at radius 3 is 2.86 bits per heavy atom. The molecule has 5 nitrogen and oxygen atoms in total. The molecule has 116 valence electrons. The van der Waals surface area contributed by atoms with E-state index < -0.39 is 10.0 Å². The van der Waals surface area contributed by atoms with Crippen molar-refractivity contribution in [1.29, 1.82) is 0 Å². The number of nitrogens with zero attached hydrogens (tertiary/aromatic N) is 2. The van der Waals surface area contributed by atoms with Gasteiger partial charge in [-0.3, -0.25) is 4.98 Å². The van der Waals surface area contributed by atoms with Crippen molar-refractivity contribution < 1.29 is 13.5 Å². The van der Waals surface area contributed by atoms with Crippen LogP contribution in [0.1, 0.15) is 12.0 Å². The minimum Gasteiger partial charge on any atom is -0.393 e. The summed E-state index contributed by atoms with van der Waals surface area (Å²) in [5, 5.41) is 10.6. The fraction of sp³-hybridized carbons (Fsp3) is 0.438. The monoisotopic (exact) mass is 318 g/mol. The van der Waals surface area contributed by atoms with Crippen LogP contribution in [0.2, 0.25) is 0 Å². The molecule has 1 aromatic carbocycles. The molecule has 2 heterocycles. The molecule has 1 aliphatic carbocycles. The highest BCUT2D eigenvalue weighted by molar-refractivity contribution is 7.89. The highest BCUT2D eigenvalue weighted by Gasteiger charge is 2.49. The zero-order valence-corrected chi connectivity index (χ0v) is 13.1. The Kier molecular flexibility index (Phi) is 3.04. The van der Waals surface area contributed by atoms with Crippen LogP contribution in [0, 0.1) is 18.8 Å². The van der Waals surface area contributed by atoms with Gasteiger partial charge >= 0.3 is 0 Å². The molecule has 2 aliphatic rings. The van der Waals surface area contributed by atoms with Gasteiger partial charge in [-0.05, 0) is 43.0 Å². The lowest BCUT2D eigenvalue weighted by Crippen LogP contribution is -2.39. The lowest BCUT2D eigenvalue weighted by molar-refractivity contribution is -0.00416. The molecule has 3 atom stereocenters. The summed E-state index contributed by atoms with van der Waals surface area (Å²) < 4.78 is 27.6. The average Bonchev–Trinajstić information content (AvgIpc) is 2.84. The molecule has 0 spiro atoms. The molecule has 1 saturated carbocycles. The molecule has 1 saturated heterocycles. The number of hydrogen-bond donors (Lipinski definition) is 1. The van der Waals surface area contributed by atoms with E-state index in [1.165, 1.54) is 4.31 Å². The van der Waals surface area contributed by atoms with Crippen molar-refractivity contribution in [2.75, 3.05) is 13.1 Å². The van der Waals surface area contributed by atoms with Gasteiger partial charge in [0, 0.05) is 30.6 Å². The second-order valence-electron chi connectivity index (χ2n) is 6.39. The zero-order chi connectivity index (χ0) is 15.5. The number of fused-ring (bicyclic) bond motifs is 2. The minimum atomic E-state index is -3.58. The van der Waals surface area contributed by atoms with E-state index in [1.807, 2.05) is 25.1 Å². The Hall–Kier alpha value is -1.50. The highest BCUT2D eigenvalue weighted by atomic mass is 32.2. The third kappa shape index (κ3) is 1.98. The molecule has 4 rings (SSSR count). The van der Waals surface area contributed by atoms with Crippen molar-refractivity contribution in [3.8, 4) is 0 Å². The van der Waals surface area contributed by atoms with Crippen LogP contribution in [0.15, 0.2) is 35.4 Å². The van der Waals surface area contributed by atoms with Crippen molar-refractivity contribution in [3.05, 3.63) is 36.0 Å².